The van der Waals surface area contributed by atoms with E-state index in [4.69, 9.17) is 4.74 Å². The molecule has 3 rings (SSSR count). The summed E-state index contributed by atoms with van der Waals surface area (Å²) in [6.07, 6.45) is 0.927. The van der Waals surface area contributed by atoms with E-state index >= 15 is 0 Å². The van der Waals surface area contributed by atoms with Gasteiger partial charge in [-0.2, -0.15) is 0 Å². The molecule has 1 aliphatic carbocycles. The van der Waals surface area contributed by atoms with Gasteiger partial charge in [0.2, 0.25) is 6.10 Å². The normalized spacial score (nSPS) is 14.8. The predicted molar refractivity (Wildman–Crippen MR) is 83.9 cm³/mol. The van der Waals surface area contributed by atoms with Gasteiger partial charge in [-0.1, -0.05) is 30.3 Å². The summed E-state index contributed by atoms with van der Waals surface area (Å²) >= 11 is 0. The molecule has 0 radical (unpaired) electrons. The van der Waals surface area contributed by atoms with Crippen LogP contribution in [0, 0.1) is 0 Å². The molecule has 1 fully saturated rings. The molecule has 23 heavy (non-hydrogen) atoms. The van der Waals surface area contributed by atoms with Crippen LogP contribution >= 0.6 is 0 Å². The van der Waals surface area contributed by atoms with Crippen molar-refractivity contribution in [2.24, 2.45) is 0 Å². The summed E-state index contributed by atoms with van der Waals surface area (Å²) in [6, 6.07) is 14.8. The molecular weight excluding hydrogens is 294 g/mol. The number of carbonyl (C=O) groups is 2. The minimum Gasteiger partial charge on any atom is -0.508 e. The largest absolute Gasteiger partial charge is 0.508 e. The second kappa shape index (κ2) is 6.52. The van der Waals surface area contributed by atoms with Crippen LogP contribution in [0.3, 0.4) is 0 Å². The summed E-state index contributed by atoms with van der Waals surface area (Å²) in [6.45, 7) is 0. The SMILES string of the molecule is O=C(O[C@@H](C(=O)NC1CC1)c1ccccc1)c1ccc(O)cc1. The fraction of sp³-hybridized carbons (Fsp3) is 0.222. The number of hydrogen-bond donors (Lipinski definition) is 2. The molecule has 0 bridgehead atoms. The number of phenols is 1. The first-order valence-corrected chi connectivity index (χ1v) is 7.49. The third-order valence-electron chi connectivity index (χ3n) is 3.59. The molecule has 1 aliphatic rings. The Morgan fingerprint density at radius 2 is 1.70 bits per heavy atom. The van der Waals surface area contributed by atoms with Crippen molar-refractivity contribution in [1.29, 1.82) is 0 Å². The van der Waals surface area contributed by atoms with Crippen molar-refractivity contribution in [2.75, 3.05) is 0 Å². The number of phenolic OH excluding ortho intramolecular Hbond substituents is 1. The Morgan fingerprint density at radius 3 is 2.30 bits per heavy atom. The van der Waals surface area contributed by atoms with E-state index in [2.05, 4.69) is 5.32 Å². The molecule has 0 unspecified atom stereocenters. The van der Waals surface area contributed by atoms with Gasteiger partial charge in [-0.3, -0.25) is 4.79 Å². The van der Waals surface area contributed by atoms with E-state index in [1.54, 1.807) is 24.3 Å². The highest BCUT2D eigenvalue weighted by atomic mass is 16.5. The number of ether oxygens (including phenoxy) is 1. The third kappa shape index (κ3) is 3.88. The van der Waals surface area contributed by atoms with Gasteiger partial charge in [0.05, 0.1) is 5.56 Å². The van der Waals surface area contributed by atoms with Gasteiger partial charge in [-0.25, -0.2) is 4.79 Å². The first-order chi connectivity index (χ1) is 11.1. The molecule has 118 valence electrons. The molecule has 0 aromatic heterocycles. The Morgan fingerprint density at radius 1 is 1.04 bits per heavy atom. The maximum atomic E-state index is 12.4. The van der Waals surface area contributed by atoms with E-state index in [1.165, 1.54) is 24.3 Å². The minimum absolute atomic E-state index is 0.0626. The number of benzene rings is 2. The fourth-order valence-corrected chi connectivity index (χ4v) is 2.18. The summed E-state index contributed by atoms with van der Waals surface area (Å²) < 4.78 is 5.42. The van der Waals surface area contributed by atoms with Gasteiger partial charge in [0.1, 0.15) is 5.75 Å². The molecular formula is C18H17NO4. The summed E-state index contributed by atoms with van der Waals surface area (Å²) in [5, 5.41) is 12.1. The number of hydrogen-bond acceptors (Lipinski definition) is 4. The lowest BCUT2D eigenvalue weighted by atomic mass is 10.1. The zero-order chi connectivity index (χ0) is 16.2. The van der Waals surface area contributed by atoms with Crippen LogP contribution in [0.1, 0.15) is 34.9 Å². The molecule has 5 nitrogen and oxygen atoms in total. The second-order valence-electron chi connectivity index (χ2n) is 5.53. The van der Waals surface area contributed by atoms with Gasteiger partial charge >= 0.3 is 5.97 Å². The highest BCUT2D eigenvalue weighted by Crippen LogP contribution is 2.24. The Balaban J connectivity index is 1.78. The van der Waals surface area contributed by atoms with Crippen LogP contribution in [0.4, 0.5) is 0 Å². The van der Waals surface area contributed by atoms with E-state index in [9.17, 15) is 14.7 Å². The average molecular weight is 311 g/mol. The topological polar surface area (TPSA) is 75.6 Å². The molecule has 1 atom stereocenters. The highest BCUT2D eigenvalue weighted by molar-refractivity contribution is 5.92. The van der Waals surface area contributed by atoms with Crippen LogP contribution in [-0.4, -0.2) is 23.0 Å². The van der Waals surface area contributed by atoms with Crippen molar-refractivity contribution < 1.29 is 19.4 Å². The molecule has 2 aromatic carbocycles. The monoisotopic (exact) mass is 311 g/mol. The summed E-state index contributed by atoms with van der Waals surface area (Å²) in [5.41, 5.74) is 0.903. The number of nitrogens with one attached hydrogen (secondary N) is 1. The van der Waals surface area contributed by atoms with E-state index < -0.39 is 12.1 Å². The fourth-order valence-electron chi connectivity index (χ4n) is 2.18. The first-order valence-electron chi connectivity index (χ1n) is 7.49. The number of esters is 1. The lowest BCUT2D eigenvalue weighted by molar-refractivity contribution is -0.130. The van der Waals surface area contributed by atoms with Crippen LogP contribution in [0.2, 0.25) is 0 Å². The van der Waals surface area contributed by atoms with Gasteiger partial charge in [-0.15, -0.1) is 0 Å². The Labute approximate surface area is 133 Å². The van der Waals surface area contributed by atoms with Crippen molar-refractivity contribution >= 4 is 11.9 Å². The smallest absolute Gasteiger partial charge is 0.339 e. The highest BCUT2D eigenvalue weighted by Gasteiger charge is 2.31. The quantitative estimate of drug-likeness (QED) is 0.832. The summed E-state index contributed by atoms with van der Waals surface area (Å²) in [7, 11) is 0. The van der Waals surface area contributed by atoms with Crippen molar-refractivity contribution in [2.45, 2.75) is 25.0 Å². The van der Waals surface area contributed by atoms with Crippen molar-refractivity contribution in [3.05, 3.63) is 65.7 Å². The van der Waals surface area contributed by atoms with E-state index in [-0.39, 0.29) is 23.3 Å². The molecule has 0 spiro atoms. The maximum Gasteiger partial charge on any atom is 0.339 e. The van der Waals surface area contributed by atoms with Crippen LogP contribution in [0.15, 0.2) is 54.6 Å². The van der Waals surface area contributed by atoms with E-state index in [1.807, 2.05) is 6.07 Å². The van der Waals surface area contributed by atoms with Crippen molar-refractivity contribution in [3.63, 3.8) is 0 Å². The Kier molecular flexibility index (Phi) is 4.28. The molecule has 5 heteroatoms. The molecule has 2 N–H and O–H groups in total. The van der Waals surface area contributed by atoms with Gasteiger partial charge in [0.25, 0.3) is 5.91 Å². The maximum absolute atomic E-state index is 12.4. The average Bonchev–Trinajstić information content (AvgIpc) is 3.37. The van der Waals surface area contributed by atoms with E-state index in [0.717, 1.165) is 12.8 Å². The number of amides is 1. The Bertz CT molecular complexity index is 693. The van der Waals surface area contributed by atoms with Crippen LogP contribution < -0.4 is 5.32 Å². The number of rotatable bonds is 5. The second-order valence-corrected chi connectivity index (χ2v) is 5.53. The Hall–Kier alpha value is -2.82. The summed E-state index contributed by atoms with van der Waals surface area (Å²) in [4.78, 5) is 24.6. The lowest BCUT2D eigenvalue weighted by Gasteiger charge is -2.18. The van der Waals surface area contributed by atoms with Crippen molar-refractivity contribution in [3.8, 4) is 5.75 Å². The zero-order valence-corrected chi connectivity index (χ0v) is 12.4. The molecule has 0 heterocycles. The molecule has 2 aromatic rings. The summed E-state index contributed by atoms with van der Waals surface area (Å²) in [5.74, 6) is -0.858. The zero-order valence-electron chi connectivity index (χ0n) is 12.4. The minimum atomic E-state index is -0.988. The van der Waals surface area contributed by atoms with Crippen LogP contribution in [0.5, 0.6) is 5.75 Å². The van der Waals surface area contributed by atoms with Gasteiger partial charge in [-0.05, 0) is 37.1 Å². The predicted octanol–water partition coefficient (Wildman–Crippen LogP) is 2.57. The number of carbonyl (C=O) groups excluding carboxylic acids is 2. The third-order valence-corrected chi connectivity index (χ3v) is 3.59. The number of aromatic hydroxyl groups is 1. The van der Waals surface area contributed by atoms with E-state index in [0.29, 0.717) is 5.56 Å². The molecule has 0 aliphatic heterocycles. The van der Waals surface area contributed by atoms with Gasteiger partial charge in [0.15, 0.2) is 0 Å². The van der Waals surface area contributed by atoms with Gasteiger partial charge in [0, 0.05) is 11.6 Å². The van der Waals surface area contributed by atoms with Crippen LogP contribution in [0.25, 0.3) is 0 Å². The first kappa shape index (κ1) is 15.1. The lowest BCUT2D eigenvalue weighted by Crippen LogP contribution is -2.33. The van der Waals surface area contributed by atoms with Gasteiger partial charge < -0.3 is 15.2 Å². The standard InChI is InChI=1S/C18H17NO4/c20-15-10-6-13(7-11-15)18(22)23-16(12-4-2-1-3-5-12)17(21)19-14-8-9-14/h1-7,10-11,14,16,20H,8-9H2,(H,19,21)/t16-/m1/s1. The van der Waals surface area contributed by atoms with Crippen LogP contribution in [-0.2, 0) is 9.53 Å². The molecule has 0 saturated heterocycles. The molecule has 1 amide bonds. The van der Waals surface area contributed by atoms with Crippen molar-refractivity contribution in [1.82, 2.24) is 5.32 Å². The molecule has 1 saturated carbocycles.